The van der Waals surface area contributed by atoms with Gasteiger partial charge in [-0.2, -0.15) is 0 Å². The van der Waals surface area contributed by atoms with E-state index in [4.69, 9.17) is 17.0 Å². The zero-order chi connectivity index (χ0) is 14.3. The highest BCUT2D eigenvalue weighted by Crippen LogP contribution is 2.10. The van der Waals surface area contributed by atoms with Crippen molar-refractivity contribution in [2.24, 2.45) is 0 Å². The van der Waals surface area contributed by atoms with Crippen molar-refractivity contribution in [2.75, 3.05) is 19.7 Å². The van der Waals surface area contributed by atoms with E-state index in [2.05, 4.69) is 21.9 Å². The van der Waals surface area contributed by atoms with E-state index in [1.807, 2.05) is 29.0 Å². The van der Waals surface area contributed by atoms with Crippen LogP contribution < -0.4 is 0 Å². The van der Waals surface area contributed by atoms with Crippen LogP contribution in [0.25, 0.3) is 5.78 Å². The lowest BCUT2D eigenvalue weighted by Crippen LogP contribution is -2.42. The first-order valence-electron chi connectivity index (χ1n) is 6.82. The summed E-state index contributed by atoms with van der Waals surface area (Å²) in [6, 6.07) is 2.02. The summed E-state index contributed by atoms with van der Waals surface area (Å²) in [6.45, 7) is 9.35. The monoisotopic (exact) mass is 293 g/mol. The fourth-order valence-corrected chi connectivity index (χ4v) is 2.96. The van der Waals surface area contributed by atoms with Crippen LogP contribution in [0.5, 0.6) is 0 Å². The summed E-state index contributed by atoms with van der Waals surface area (Å²) in [5.41, 5.74) is 2.03. The van der Waals surface area contributed by atoms with Gasteiger partial charge < -0.3 is 4.74 Å². The third kappa shape index (κ3) is 2.48. The summed E-state index contributed by atoms with van der Waals surface area (Å²) in [5.74, 6) is 0.675. The molecule has 0 aliphatic carbocycles. The predicted molar refractivity (Wildman–Crippen MR) is 78.3 cm³/mol. The number of nitrogens with zero attached hydrogens (tertiary/aromatic N) is 5. The molecule has 3 rings (SSSR count). The van der Waals surface area contributed by atoms with Gasteiger partial charge >= 0.3 is 0 Å². The van der Waals surface area contributed by atoms with Crippen molar-refractivity contribution in [3.63, 3.8) is 0 Å². The second-order valence-corrected chi connectivity index (χ2v) is 5.72. The topological polar surface area (TPSA) is 47.6 Å². The van der Waals surface area contributed by atoms with E-state index in [0.717, 1.165) is 31.1 Å². The maximum absolute atomic E-state index is 5.55. The van der Waals surface area contributed by atoms with Gasteiger partial charge in [-0.25, -0.2) is 9.67 Å². The highest BCUT2D eigenvalue weighted by molar-refractivity contribution is 7.71. The smallest absolute Gasteiger partial charge is 0.254 e. The standard InChI is InChI=1S/C13H19N5OS/c1-9-6-10(2)18-12(14-9)15-17(13(18)20)8-16-4-5-19-11(3)7-16/h6,11H,4-5,7-8H2,1-3H3/t11-/m1/s1. The Hall–Kier alpha value is -1.31. The quantitative estimate of drug-likeness (QED) is 0.786. The molecule has 1 aliphatic rings. The van der Waals surface area contributed by atoms with E-state index in [-0.39, 0.29) is 6.10 Å². The molecule has 3 heterocycles. The lowest BCUT2D eigenvalue weighted by Gasteiger charge is -2.30. The number of aryl methyl sites for hydroxylation is 2. The number of aromatic nitrogens is 4. The SMILES string of the molecule is Cc1cc(C)n2c(=S)n(CN3CCO[C@H](C)C3)nc2n1. The van der Waals surface area contributed by atoms with Gasteiger partial charge in [0.15, 0.2) is 0 Å². The molecule has 108 valence electrons. The number of fused-ring (bicyclic) bond motifs is 1. The average molecular weight is 293 g/mol. The zero-order valence-corrected chi connectivity index (χ0v) is 12.9. The summed E-state index contributed by atoms with van der Waals surface area (Å²) >= 11 is 5.52. The Morgan fingerprint density at radius 2 is 2.25 bits per heavy atom. The minimum absolute atomic E-state index is 0.261. The number of ether oxygens (including phenoxy) is 1. The van der Waals surface area contributed by atoms with Crippen LogP contribution in [0.2, 0.25) is 0 Å². The molecule has 0 spiro atoms. The van der Waals surface area contributed by atoms with E-state index < -0.39 is 0 Å². The van der Waals surface area contributed by atoms with Crippen molar-refractivity contribution in [3.05, 3.63) is 22.2 Å². The largest absolute Gasteiger partial charge is 0.376 e. The number of rotatable bonds is 2. The molecule has 1 atom stereocenters. The number of morpholine rings is 1. The van der Waals surface area contributed by atoms with E-state index >= 15 is 0 Å². The minimum Gasteiger partial charge on any atom is -0.376 e. The van der Waals surface area contributed by atoms with Crippen molar-refractivity contribution in [3.8, 4) is 0 Å². The Balaban J connectivity index is 1.94. The number of hydrogen-bond acceptors (Lipinski definition) is 5. The van der Waals surface area contributed by atoms with Crippen LogP contribution in [-0.4, -0.2) is 49.9 Å². The van der Waals surface area contributed by atoms with Crippen LogP contribution in [0.15, 0.2) is 6.07 Å². The molecule has 1 fully saturated rings. The maximum Gasteiger partial charge on any atom is 0.254 e. The third-order valence-corrected chi connectivity index (χ3v) is 3.92. The molecule has 0 amide bonds. The van der Waals surface area contributed by atoms with Crippen molar-refractivity contribution < 1.29 is 4.74 Å². The van der Waals surface area contributed by atoms with Gasteiger partial charge in [-0.1, -0.05) is 0 Å². The van der Waals surface area contributed by atoms with Crippen LogP contribution in [0, 0.1) is 18.6 Å². The van der Waals surface area contributed by atoms with Gasteiger partial charge in [-0.3, -0.25) is 9.30 Å². The summed E-state index contributed by atoms with van der Waals surface area (Å²) < 4.78 is 10.0. The molecule has 0 N–H and O–H groups in total. The van der Waals surface area contributed by atoms with Crippen LogP contribution in [0.3, 0.4) is 0 Å². The predicted octanol–water partition coefficient (Wildman–Crippen LogP) is 1.56. The van der Waals surface area contributed by atoms with Gasteiger partial charge in [-0.15, -0.1) is 5.10 Å². The second kappa shape index (κ2) is 5.23. The molecule has 1 saturated heterocycles. The van der Waals surface area contributed by atoms with Crippen molar-refractivity contribution in [1.29, 1.82) is 0 Å². The fourth-order valence-electron chi connectivity index (χ4n) is 2.63. The molecule has 0 radical (unpaired) electrons. The van der Waals surface area contributed by atoms with E-state index in [0.29, 0.717) is 17.2 Å². The zero-order valence-electron chi connectivity index (χ0n) is 12.0. The highest BCUT2D eigenvalue weighted by atomic mass is 32.1. The molecule has 0 unspecified atom stereocenters. The van der Waals surface area contributed by atoms with Gasteiger partial charge in [0.05, 0.1) is 19.4 Å². The summed E-state index contributed by atoms with van der Waals surface area (Å²) in [5, 5.41) is 4.53. The molecule has 2 aromatic rings. The van der Waals surface area contributed by atoms with Gasteiger partial charge in [0.1, 0.15) is 0 Å². The van der Waals surface area contributed by atoms with Crippen molar-refractivity contribution >= 4 is 18.0 Å². The Kier molecular flexibility index (Phi) is 3.57. The van der Waals surface area contributed by atoms with E-state index in [1.165, 1.54) is 0 Å². The molecular formula is C13H19N5OS. The van der Waals surface area contributed by atoms with E-state index in [1.54, 1.807) is 0 Å². The first-order chi connectivity index (χ1) is 9.54. The average Bonchev–Trinajstić information content (AvgIpc) is 2.66. The van der Waals surface area contributed by atoms with E-state index in [9.17, 15) is 0 Å². The number of hydrogen-bond donors (Lipinski definition) is 0. The third-order valence-electron chi connectivity index (χ3n) is 3.53. The molecule has 7 heteroatoms. The Morgan fingerprint density at radius 3 is 3.00 bits per heavy atom. The van der Waals surface area contributed by atoms with Gasteiger partial charge in [0, 0.05) is 24.5 Å². The first kappa shape index (κ1) is 13.7. The van der Waals surface area contributed by atoms with Crippen LogP contribution in [-0.2, 0) is 11.4 Å². The summed E-state index contributed by atoms with van der Waals surface area (Å²) in [7, 11) is 0. The normalized spacial score (nSPS) is 20.6. The van der Waals surface area contributed by atoms with Crippen molar-refractivity contribution in [2.45, 2.75) is 33.5 Å². The molecule has 6 nitrogen and oxygen atoms in total. The van der Waals surface area contributed by atoms with Crippen LogP contribution in [0.4, 0.5) is 0 Å². The minimum atomic E-state index is 0.261. The fraction of sp³-hybridized carbons (Fsp3) is 0.615. The molecule has 1 aliphatic heterocycles. The van der Waals surface area contributed by atoms with Crippen LogP contribution >= 0.6 is 12.2 Å². The van der Waals surface area contributed by atoms with Gasteiger partial charge in [-0.05, 0) is 39.1 Å². The van der Waals surface area contributed by atoms with Crippen LogP contribution in [0.1, 0.15) is 18.3 Å². The molecule has 0 bridgehead atoms. The summed E-state index contributed by atoms with van der Waals surface area (Å²) in [6.07, 6.45) is 0.261. The molecule has 2 aromatic heterocycles. The Morgan fingerprint density at radius 1 is 1.45 bits per heavy atom. The van der Waals surface area contributed by atoms with Gasteiger partial charge in [0.2, 0.25) is 4.77 Å². The lowest BCUT2D eigenvalue weighted by atomic mass is 10.3. The molecular weight excluding hydrogens is 274 g/mol. The highest BCUT2D eigenvalue weighted by Gasteiger charge is 2.18. The molecule has 20 heavy (non-hydrogen) atoms. The Labute approximate surface area is 123 Å². The summed E-state index contributed by atoms with van der Waals surface area (Å²) in [4.78, 5) is 6.75. The first-order valence-corrected chi connectivity index (χ1v) is 7.23. The van der Waals surface area contributed by atoms with Crippen molar-refractivity contribution in [1.82, 2.24) is 24.1 Å². The Bertz CT molecular complexity index is 692. The maximum atomic E-state index is 5.55. The second-order valence-electron chi connectivity index (χ2n) is 5.36. The lowest BCUT2D eigenvalue weighted by molar-refractivity contribution is -0.0306. The molecule has 0 saturated carbocycles. The van der Waals surface area contributed by atoms with Gasteiger partial charge in [0.25, 0.3) is 5.78 Å². The molecule has 0 aromatic carbocycles.